The highest BCUT2D eigenvalue weighted by atomic mass is 32.2. The average Bonchev–Trinajstić information content (AvgIpc) is 2.84. The van der Waals surface area contributed by atoms with Crippen LogP contribution in [0.15, 0.2) is 17.0 Å². The van der Waals surface area contributed by atoms with Gasteiger partial charge in [0.25, 0.3) is 11.6 Å². The number of nitro groups is 1. The molecule has 9 nitrogen and oxygen atoms in total. The smallest absolute Gasteiger partial charge is 0.325 e. The number of hydrogen-bond donors (Lipinski definition) is 0. The first kappa shape index (κ1) is 19.7. The van der Waals surface area contributed by atoms with E-state index in [0.717, 1.165) is 22.7 Å². The molecule has 1 heterocycles. The molecule has 2 rings (SSSR count). The Bertz CT molecular complexity index is 822. The van der Waals surface area contributed by atoms with E-state index in [0.29, 0.717) is 0 Å². The molecule has 0 aliphatic carbocycles. The second-order valence-corrected chi connectivity index (χ2v) is 6.58. The summed E-state index contributed by atoms with van der Waals surface area (Å²) in [6.45, 7) is 1.45. The lowest BCUT2D eigenvalue weighted by molar-refractivity contribution is -0.398. The summed E-state index contributed by atoms with van der Waals surface area (Å²) < 4.78 is 9.81. The number of thioether (sulfide) groups is 1. The summed E-state index contributed by atoms with van der Waals surface area (Å²) in [7, 11) is 1.19. The van der Waals surface area contributed by atoms with Crippen molar-refractivity contribution in [1.29, 1.82) is 0 Å². The molecule has 138 valence electrons. The van der Waals surface area contributed by atoms with Gasteiger partial charge in [-0.05, 0) is 24.6 Å². The van der Waals surface area contributed by atoms with Crippen molar-refractivity contribution >= 4 is 51.9 Å². The van der Waals surface area contributed by atoms with Crippen LogP contribution in [0, 0.1) is 10.1 Å². The van der Waals surface area contributed by atoms with E-state index in [1.807, 2.05) is 0 Å². The molecule has 1 amide bonds. The van der Waals surface area contributed by atoms with Crippen LogP contribution in [0.5, 0.6) is 11.5 Å². The number of nitro benzene ring substituents is 1. The fourth-order valence-corrected chi connectivity index (χ4v) is 3.33. The Kier molecular flexibility index (Phi) is 6.16. The highest BCUT2D eigenvalue weighted by molar-refractivity contribution is 8.26. The zero-order valence-electron chi connectivity index (χ0n) is 13.7. The van der Waals surface area contributed by atoms with Crippen molar-refractivity contribution in [3.63, 3.8) is 0 Å². The second kappa shape index (κ2) is 8.15. The molecule has 1 aromatic rings. The summed E-state index contributed by atoms with van der Waals surface area (Å²) in [5, 5.41) is 23.0. The van der Waals surface area contributed by atoms with E-state index in [1.54, 1.807) is 6.92 Å². The molecule has 1 fully saturated rings. The predicted octanol–water partition coefficient (Wildman–Crippen LogP) is 1.44. The van der Waals surface area contributed by atoms with Gasteiger partial charge in [-0.3, -0.25) is 24.6 Å². The van der Waals surface area contributed by atoms with Gasteiger partial charge in [-0.1, -0.05) is 24.0 Å². The molecule has 0 spiro atoms. The van der Waals surface area contributed by atoms with Gasteiger partial charge in [0, 0.05) is 11.8 Å². The van der Waals surface area contributed by atoms with Crippen molar-refractivity contribution in [3.05, 3.63) is 32.7 Å². The Hall–Kier alpha value is -2.66. The molecule has 0 saturated carbocycles. The van der Waals surface area contributed by atoms with Crippen LogP contribution < -0.4 is 9.84 Å². The molecule has 0 N–H and O–H groups in total. The van der Waals surface area contributed by atoms with E-state index in [2.05, 4.69) is 4.74 Å². The van der Waals surface area contributed by atoms with Crippen molar-refractivity contribution < 1.29 is 29.1 Å². The normalized spacial score (nSPS) is 15.5. The van der Waals surface area contributed by atoms with E-state index >= 15 is 0 Å². The van der Waals surface area contributed by atoms with Crippen molar-refractivity contribution in [1.82, 2.24) is 4.90 Å². The maximum absolute atomic E-state index is 12.4. The van der Waals surface area contributed by atoms with Gasteiger partial charge in [0.1, 0.15) is 16.6 Å². The zero-order chi connectivity index (χ0) is 19.4. The first-order valence-electron chi connectivity index (χ1n) is 7.22. The zero-order valence-corrected chi connectivity index (χ0v) is 15.3. The van der Waals surface area contributed by atoms with E-state index in [-0.39, 0.29) is 33.7 Å². The van der Waals surface area contributed by atoms with Gasteiger partial charge in [0.05, 0.1) is 23.5 Å². The number of hydrogen-bond acceptors (Lipinski definition) is 9. The quantitative estimate of drug-likeness (QED) is 0.231. The molecule has 0 radical (unpaired) electrons. The van der Waals surface area contributed by atoms with Gasteiger partial charge < -0.3 is 14.6 Å². The van der Waals surface area contributed by atoms with E-state index in [1.165, 1.54) is 19.3 Å². The standard InChI is InChI=1S/C15H14N2O7S2/c1-3-24-10-5-8(4-9(13(10)19)17(21)22)6-11-14(20)16(15(25)26-11)7-12(18)23-2/h4-6,19H,3,7H2,1-2H3/p-1/b11-6-. The second-order valence-electron chi connectivity index (χ2n) is 4.90. The Balaban J connectivity index is 2.40. The number of methoxy groups -OCH3 is 1. The number of esters is 1. The number of thiocarbonyl (C=S) groups is 1. The van der Waals surface area contributed by atoms with E-state index in [9.17, 15) is 24.8 Å². The first-order valence-corrected chi connectivity index (χ1v) is 8.45. The van der Waals surface area contributed by atoms with E-state index in [4.69, 9.17) is 17.0 Å². The summed E-state index contributed by atoms with van der Waals surface area (Å²) in [4.78, 5) is 35.2. The van der Waals surface area contributed by atoms with Crippen LogP contribution in [0.4, 0.5) is 5.69 Å². The number of rotatable bonds is 6. The maximum Gasteiger partial charge on any atom is 0.325 e. The van der Waals surface area contributed by atoms with Gasteiger partial charge in [-0.15, -0.1) is 0 Å². The van der Waals surface area contributed by atoms with Crippen LogP contribution >= 0.6 is 24.0 Å². The monoisotopic (exact) mass is 397 g/mol. The minimum absolute atomic E-state index is 0.150. The molecule has 0 atom stereocenters. The number of carbonyl (C=O) groups excluding carboxylic acids is 2. The molecule has 1 aromatic carbocycles. The molecular formula is C15H13N2O7S2-. The molecule has 1 aliphatic heterocycles. The SMILES string of the molecule is CCOc1cc(/C=C2\SC(=S)N(CC(=O)OC)C2=O)cc([N+](=O)[O-])c1[O-]. The topological polar surface area (TPSA) is 122 Å². The van der Waals surface area contributed by atoms with Crippen LogP contribution in [0.3, 0.4) is 0 Å². The van der Waals surface area contributed by atoms with Gasteiger partial charge in [-0.25, -0.2) is 0 Å². The minimum atomic E-state index is -0.841. The summed E-state index contributed by atoms with van der Waals surface area (Å²) in [6, 6.07) is 2.36. The highest BCUT2D eigenvalue weighted by Gasteiger charge is 2.33. The Morgan fingerprint density at radius 1 is 1.46 bits per heavy atom. The lowest BCUT2D eigenvalue weighted by Gasteiger charge is -2.15. The Labute approximate surface area is 157 Å². The van der Waals surface area contributed by atoms with Crippen LogP contribution in [0.1, 0.15) is 12.5 Å². The lowest BCUT2D eigenvalue weighted by atomic mass is 10.1. The molecule has 1 aliphatic rings. The summed E-state index contributed by atoms with van der Waals surface area (Å²) >= 11 is 6.01. The van der Waals surface area contributed by atoms with Gasteiger partial charge >= 0.3 is 5.97 Å². The fourth-order valence-electron chi connectivity index (χ4n) is 2.07. The molecular weight excluding hydrogens is 384 g/mol. The third kappa shape index (κ3) is 4.11. The number of nitrogens with zero attached hydrogens (tertiary/aromatic N) is 2. The number of carbonyl (C=O) groups is 2. The third-order valence-electron chi connectivity index (χ3n) is 3.24. The molecule has 0 bridgehead atoms. The summed E-state index contributed by atoms with van der Waals surface area (Å²) in [5.74, 6) is -2.19. The van der Waals surface area contributed by atoms with Gasteiger partial charge in [0.15, 0.2) is 0 Å². The molecule has 0 unspecified atom stereocenters. The van der Waals surface area contributed by atoms with Gasteiger partial charge in [-0.2, -0.15) is 0 Å². The Morgan fingerprint density at radius 3 is 2.73 bits per heavy atom. The largest absolute Gasteiger partial charge is 0.865 e. The van der Waals surface area contributed by atoms with Crippen molar-refractivity contribution in [2.75, 3.05) is 20.3 Å². The summed E-state index contributed by atoms with van der Waals surface area (Å²) in [5.41, 5.74) is -0.425. The van der Waals surface area contributed by atoms with Crippen molar-refractivity contribution in [2.24, 2.45) is 0 Å². The Morgan fingerprint density at radius 2 is 2.15 bits per heavy atom. The number of amides is 1. The third-order valence-corrected chi connectivity index (χ3v) is 4.62. The van der Waals surface area contributed by atoms with Gasteiger partial charge in [0.2, 0.25) is 0 Å². The molecule has 1 saturated heterocycles. The minimum Gasteiger partial charge on any atom is -0.865 e. The van der Waals surface area contributed by atoms with Crippen LogP contribution in [-0.2, 0) is 14.3 Å². The van der Waals surface area contributed by atoms with Crippen LogP contribution in [0.2, 0.25) is 0 Å². The average molecular weight is 397 g/mol. The molecule has 11 heteroatoms. The van der Waals surface area contributed by atoms with E-state index < -0.39 is 28.2 Å². The lowest BCUT2D eigenvalue weighted by Crippen LogP contribution is -2.33. The molecule has 26 heavy (non-hydrogen) atoms. The molecule has 0 aromatic heterocycles. The van der Waals surface area contributed by atoms with Crippen molar-refractivity contribution in [2.45, 2.75) is 6.92 Å². The predicted molar refractivity (Wildman–Crippen MR) is 95.6 cm³/mol. The maximum atomic E-state index is 12.4. The highest BCUT2D eigenvalue weighted by Crippen LogP contribution is 2.38. The number of benzene rings is 1. The van der Waals surface area contributed by atoms with Crippen LogP contribution in [0.25, 0.3) is 6.08 Å². The van der Waals surface area contributed by atoms with Crippen LogP contribution in [-0.4, -0.2) is 46.3 Å². The van der Waals surface area contributed by atoms with Crippen molar-refractivity contribution in [3.8, 4) is 11.5 Å². The summed E-state index contributed by atoms with van der Waals surface area (Å²) in [6.07, 6.45) is 1.35. The fraction of sp³-hybridized carbons (Fsp3) is 0.267. The number of ether oxygens (including phenoxy) is 2. The first-order chi connectivity index (χ1) is 12.3.